The van der Waals surface area contributed by atoms with Crippen molar-refractivity contribution >= 4 is 34.9 Å². The first kappa shape index (κ1) is 22.1. The van der Waals surface area contributed by atoms with Crippen molar-refractivity contribution in [1.82, 2.24) is 0 Å². The molecule has 1 amide bonds. The summed E-state index contributed by atoms with van der Waals surface area (Å²) in [6.45, 7) is 5.97. The molecule has 32 heavy (non-hydrogen) atoms. The molecule has 2 aliphatic rings. The maximum atomic E-state index is 12.7. The van der Waals surface area contributed by atoms with Crippen LogP contribution in [0.1, 0.15) is 47.6 Å². The Morgan fingerprint density at radius 3 is 2.66 bits per heavy atom. The largest absolute Gasteiger partial charge is 0.469 e. The number of hydrogen-bond donors (Lipinski definition) is 1. The molecule has 0 radical (unpaired) electrons. The molecular formula is C25H25N3O3S. The Hall–Kier alpha value is -3.11. The van der Waals surface area contributed by atoms with Gasteiger partial charge in [0.2, 0.25) is 5.91 Å². The minimum Gasteiger partial charge on any atom is -0.469 e. The first-order chi connectivity index (χ1) is 15.4. The minimum atomic E-state index is -0.484. The van der Waals surface area contributed by atoms with E-state index in [1.54, 1.807) is 18.4 Å². The third-order valence-corrected chi connectivity index (χ3v) is 6.92. The van der Waals surface area contributed by atoms with Crippen LogP contribution in [0.4, 0.5) is 5.69 Å². The molecular weight excluding hydrogens is 422 g/mol. The Morgan fingerprint density at radius 1 is 1.25 bits per heavy atom. The van der Waals surface area contributed by atoms with E-state index in [4.69, 9.17) is 4.42 Å². The van der Waals surface area contributed by atoms with Crippen molar-refractivity contribution in [2.75, 3.05) is 11.1 Å². The molecule has 164 valence electrons. The predicted molar refractivity (Wildman–Crippen MR) is 126 cm³/mol. The Kier molecular flexibility index (Phi) is 6.33. The molecule has 1 N–H and O–H groups in total. The lowest BCUT2D eigenvalue weighted by molar-refractivity contribution is -0.122. The van der Waals surface area contributed by atoms with Gasteiger partial charge in [-0.1, -0.05) is 29.5 Å². The van der Waals surface area contributed by atoms with E-state index in [1.807, 2.05) is 32.9 Å². The molecule has 1 fully saturated rings. The number of thioether (sulfide) groups is 1. The number of fused-ring (bicyclic) bond motifs is 1. The number of ketones is 1. The van der Waals surface area contributed by atoms with Crippen LogP contribution in [-0.2, 0) is 9.59 Å². The second kappa shape index (κ2) is 9.17. The van der Waals surface area contributed by atoms with E-state index in [0.29, 0.717) is 29.2 Å². The number of amides is 1. The fourth-order valence-corrected chi connectivity index (χ4v) is 5.47. The minimum absolute atomic E-state index is 0.0938. The molecule has 2 aromatic rings. The number of furan rings is 1. The van der Waals surface area contributed by atoms with Crippen LogP contribution in [0.2, 0.25) is 0 Å². The maximum Gasteiger partial charge on any atom is 0.234 e. The third kappa shape index (κ3) is 4.28. The molecule has 2 heterocycles. The van der Waals surface area contributed by atoms with Crippen molar-refractivity contribution in [1.29, 1.82) is 5.26 Å². The summed E-state index contributed by atoms with van der Waals surface area (Å²) < 4.78 is 5.61. The summed E-state index contributed by atoms with van der Waals surface area (Å²) in [7, 11) is 0. The molecule has 6 nitrogen and oxygen atoms in total. The van der Waals surface area contributed by atoms with Crippen LogP contribution in [0.3, 0.4) is 0 Å². The molecule has 0 spiro atoms. The van der Waals surface area contributed by atoms with E-state index >= 15 is 0 Å². The summed E-state index contributed by atoms with van der Waals surface area (Å²) in [5.74, 6) is -0.304. The number of allylic oxidation sites excluding steroid dienone is 1. The number of nitrogens with zero attached hydrogens (tertiary/aromatic N) is 2. The highest BCUT2D eigenvalue weighted by molar-refractivity contribution is 8.03. The molecule has 1 aromatic carbocycles. The van der Waals surface area contributed by atoms with Crippen molar-refractivity contribution in [2.24, 2.45) is 10.9 Å². The molecule has 1 saturated carbocycles. The highest BCUT2D eigenvalue weighted by Gasteiger charge is 2.43. The van der Waals surface area contributed by atoms with Gasteiger partial charge in [-0.2, -0.15) is 5.26 Å². The summed E-state index contributed by atoms with van der Waals surface area (Å²) >= 11 is 1.23. The topological polar surface area (TPSA) is 95.5 Å². The number of carbonyl (C=O) groups excluding carboxylic acids is 2. The first-order valence-electron chi connectivity index (χ1n) is 10.7. The zero-order chi connectivity index (χ0) is 22.8. The number of nitrogens with one attached hydrogen (secondary N) is 1. The van der Waals surface area contributed by atoms with Gasteiger partial charge in [0.15, 0.2) is 0 Å². The van der Waals surface area contributed by atoms with Gasteiger partial charge in [0.1, 0.15) is 16.6 Å². The fourth-order valence-electron chi connectivity index (χ4n) is 4.62. The van der Waals surface area contributed by atoms with E-state index in [-0.39, 0.29) is 17.4 Å². The second-order valence-electron chi connectivity index (χ2n) is 8.33. The predicted octanol–water partition coefficient (Wildman–Crippen LogP) is 5.22. The number of Topliss-reactive ketones (excluding diaryl/α,β-unsaturated/α-hetero) is 1. The zero-order valence-electron chi connectivity index (χ0n) is 18.4. The van der Waals surface area contributed by atoms with Gasteiger partial charge >= 0.3 is 0 Å². The summed E-state index contributed by atoms with van der Waals surface area (Å²) in [6, 6.07) is 9.88. The van der Waals surface area contributed by atoms with Gasteiger partial charge in [-0.15, -0.1) is 0 Å². The average Bonchev–Trinajstić information content (AvgIpc) is 3.28. The van der Waals surface area contributed by atoms with Gasteiger partial charge in [-0.3, -0.25) is 9.59 Å². The van der Waals surface area contributed by atoms with Gasteiger partial charge in [0.25, 0.3) is 0 Å². The van der Waals surface area contributed by atoms with Crippen LogP contribution in [0.25, 0.3) is 0 Å². The van der Waals surface area contributed by atoms with Crippen molar-refractivity contribution in [3.63, 3.8) is 0 Å². The monoisotopic (exact) mass is 447 g/mol. The Labute approximate surface area is 191 Å². The molecule has 4 rings (SSSR count). The van der Waals surface area contributed by atoms with E-state index in [1.165, 1.54) is 11.8 Å². The fraction of sp³-hybridized carbons (Fsp3) is 0.360. The van der Waals surface area contributed by atoms with Crippen LogP contribution >= 0.6 is 11.8 Å². The Balaban J connectivity index is 1.59. The van der Waals surface area contributed by atoms with E-state index in [0.717, 1.165) is 34.5 Å². The van der Waals surface area contributed by atoms with E-state index < -0.39 is 11.8 Å². The molecule has 7 heteroatoms. The number of aryl methyl sites for hydroxylation is 3. The van der Waals surface area contributed by atoms with Gasteiger partial charge in [-0.25, -0.2) is 4.99 Å². The average molecular weight is 448 g/mol. The normalized spacial score (nSPS) is 20.4. The maximum absolute atomic E-state index is 12.7. The SMILES string of the molecule is Cc1cc(C)c(NC(=O)CSC2=C(C#N)[C@@H](c3ccco3)[C@@H]3C(=O)CCCC3=N2)c(C)c1. The van der Waals surface area contributed by atoms with Crippen LogP contribution < -0.4 is 5.32 Å². The summed E-state index contributed by atoms with van der Waals surface area (Å²) in [5, 5.41) is 13.5. The second-order valence-corrected chi connectivity index (χ2v) is 9.30. The van der Waals surface area contributed by atoms with Gasteiger partial charge in [-0.05, 0) is 56.9 Å². The number of anilines is 1. The molecule has 0 unspecified atom stereocenters. The van der Waals surface area contributed by atoms with Crippen molar-refractivity contribution in [3.8, 4) is 6.07 Å². The van der Waals surface area contributed by atoms with Gasteiger partial charge < -0.3 is 9.73 Å². The number of carbonyl (C=O) groups is 2. The number of nitriles is 1. The molecule has 0 saturated heterocycles. The lowest BCUT2D eigenvalue weighted by atomic mass is 9.72. The molecule has 2 atom stereocenters. The summed E-state index contributed by atoms with van der Waals surface area (Å²) in [4.78, 5) is 30.1. The van der Waals surface area contributed by atoms with Gasteiger partial charge in [0, 0.05) is 17.8 Å². The zero-order valence-corrected chi connectivity index (χ0v) is 19.2. The van der Waals surface area contributed by atoms with Crippen LogP contribution in [0, 0.1) is 38.0 Å². The first-order valence-corrected chi connectivity index (χ1v) is 11.7. The quantitative estimate of drug-likeness (QED) is 0.678. The van der Waals surface area contributed by atoms with Crippen molar-refractivity contribution < 1.29 is 14.0 Å². The highest BCUT2D eigenvalue weighted by Crippen LogP contribution is 2.45. The molecule has 1 aromatic heterocycles. The standard InChI is InChI=1S/C25H25N3O3S/c1-14-10-15(2)24(16(3)11-14)28-21(30)13-32-25-17(12-26)22(20-8-5-9-31-20)23-18(27-25)6-4-7-19(23)29/h5,8-11,22-23H,4,6-7,13H2,1-3H3,(H,28,30)/t22-,23-/m0/s1. The Bertz CT molecular complexity index is 1150. The smallest absolute Gasteiger partial charge is 0.234 e. The van der Waals surface area contributed by atoms with Gasteiger partial charge in [0.05, 0.1) is 35.5 Å². The van der Waals surface area contributed by atoms with E-state index in [2.05, 4.69) is 16.4 Å². The van der Waals surface area contributed by atoms with Crippen LogP contribution in [-0.4, -0.2) is 23.2 Å². The van der Waals surface area contributed by atoms with E-state index in [9.17, 15) is 14.9 Å². The summed E-state index contributed by atoms with van der Waals surface area (Å²) in [5.41, 5.74) is 5.17. The lowest BCUT2D eigenvalue weighted by Gasteiger charge is -2.33. The number of aliphatic imine (C=N–C) groups is 1. The molecule has 1 aliphatic carbocycles. The molecule has 1 aliphatic heterocycles. The lowest BCUT2D eigenvalue weighted by Crippen LogP contribution is -2.37. The van der Waals surface area contributed by atoms with Crippen molar-refractivity contribution in [3.05, 3.63) is 63.6 Å². The Morgan fingerprint density at radius 2 is 2.00 bits per heavy atom. The van der Waals surface area contributed by atoms with Crippen LogP contribution in [0.5, 0.6) is 0 Å². The number of benzene rings is 1. The number of hydrogen-bond acceptors (Lipinski definition) is 6. The third-order valence-electron chi connectivity index (χ3n) is 5.93. The van der Waals surface area contributed by atoms with Crippen molar-refractivity contribution in [2.45, 2.75) is 46.0 Å². The molecule has 0 bridgehead atoms. The summed E-state index contributed by atoms with van der Waals surface area (Å²) in [6.07, 6.45) is 3.50. The highest BCUT2D eigenvalue weighted by atomic mass is 32.2. The number of rotatable bonds is 5. The van der Waals surface area contributed by atoms with Crippen LogP contribution in [0.15, 0.2) is 50.5 Å².